The third-order valence-corrected chi connectivity index (χ3v) is 6.95. The Morgan fingerprint density at radius 1 is 1.11 bits per heavy atom. The molecule has 0 bridgehead atoms. The molecule has 1 amide bonds. The van der Waals surface area contributed by atoms with Crippen LogP contribution in [0.4, 0.5) is 0 Å². The van der Waals surface area contributed by atoms with Crippen LogP contribution in [-0.2, 0) is 19.7 Å². The van der Waals surface area contributed by atoms with Crippen molar-refractivity contribution in [2.24, 2.45) is 5.92 Å². The Morgan fingerprint density at radius 2 is 1.74 bits per heavy atom. The van der Waals surface area contributed by atoms with Gasteiger partial charge in [-0.25, -0.2) is 0 Å². The Balaban J connectivity index is 1.48. The minimum Gasteiger partial charge on any atom is -0.497 e. The number of ether oxygens (including phenoxy) is 2. The summed E-state index contributed by atoms with van der Waals surface area (Å²) >= 11 is 0. The molecule has 2 saturated carbocycles. The molecular weight excluding hydrogens is 342 g/mol. The normalized spacial score (nSPS) is 25.5. The Labute approximate surface area is 160 Å². The zero-order valence-corrected chi connectivity index (χ0v) is 16.1. The first-order valence-electron chi connectivity index (χ1n) is 10.2. The van der Waals surface area contributed by atoms with Gasteiger partial charge in [-0.1, -0.05) is 25.0 Å². The van der Waals surface area contributed by atoms with Crippen LogP contribution in [0.1, 0.15) is 63.4 Å². The molecule has 5 nitrogen and oxygen atoms in total. The van der Waals surface area contributed by atoms with E-state index in [-0.39, 0.29) is 29.6 Å². The molecule has 1 N–H and O–H groups in total. The molecule has 1 heterocycles. The summed E-state index contributed by atoms with van der Waals surface area (Å²) in [6, 6.07) is 8.23. The lowest BCUT2D eigenvalue weighted by Crippen LogP contribution is -2.46. The third-order valence-electron chi connectivity index (χ3n) is 6.95. The van der Waals surface area contributed by atoms with Crippen molar-refractivity contribution < 1.29 is 19.1 Å². The molecule has 0 radical (unpaired) electrons. The summed E-state index contributed by atoms with van der Waals surface area (Å²) in [4.78, 5) is 24.9. The minimum atomic E-state index is -0.538. The van der Waals surface area contributed by atoms with Crippen molar-refractivity contribution in [3.63, 3.8) is 0 Å². The standard InChI is InChI=1S/C22H29NO4/c1-26-17-8-6-16(7-9-17)21(10-2-3-11-21)15-23-20(25)18-14-19(24)27-22(18)12-4-5-13-22/h6-9,18H,2-5,10-15H2,1H3,(H,23,25)/t18-/m0/s1. The van der Waals surface area contributed by atoms with Crippen LogP contribution in [-0.4, -0.2) is 31.1 Å². The second-order valence-electron chi connectivity index (χ2n) is 8.44. The van der Waals surface area contributed by atoms with Crippen molar-refractivity contribution in [3.05, 3.63) is 29.8 Å². The lowest BCUT2D eigenvalue weighted by molar-refractivity contribution is -0.150. The van der Waals surface area contributed by atoms with Gasteiger partial charge in [-0.2, -0.15) is 0 Å². The van der Waals surface area contributed by atoms with E-state index in [9.17, 15) is 9.59 Å². The number of rotatable bonds is 5. The zero-order chi connectivity index (χ0) is 18.9. The van der Waals surface area contributed by atoms with Crippen LogP contribution in [0.5, 0.6) is 5.75 Å². The molecule has 1 atom stereocenters. The van der Waals surface area contributed by atoms with Gasteiger partial charge in [-0.15, -0.1) is 0 Å². The Morgan fingerprint density at radius 3 is 2.37 bits per heavy atom. The van der Waals surface area contributed by atoms with Gasteiger partial charge < -0.3 is 14.8 Å². The summed E-state index contributed by atoms with van der Waals surface area (Å²) in [5, 5.41) is 3.20. The highest BCUT2D eigenvalue weighted by Crippen LogP contribution is 2.46. The number of esters is 1. The van der Waals surface area contributed by atoms with Gasteiger partial charge in [-0.3, -0.25) is 9.59 Å². The molecule has 2 aliphatic carbocycles. The number of hydrogen-bond donors (Lipinski definition) is 1. The number of hydrogen-bond acceptors (Lipinski definition) is 4. The van der Waals surface area contributed by atoms with E-state index >= 15 is 0 Å². The number of carbonyl (C=O) groups is 2. The van der Waals surface area contributed by atoms with Gasteiger partial charge in [0, 0.05) is 12.0 Å². The second kappa shape index (κ2) is 7.17. The Bertz CT molecular complexity index is 700. The molecule has 1 aromatic rings. The summed E-state index contributed by atoms with van der Waals surface area (Å²) in [6.45, 7) is 0.624. The molecule has 3 fully saturated rings. The van der Waals surface area contributed by atoms with Gasteiger partial charge >= 0.3 is 5.97 Å². The van der Waals surface area contributed by atoms with Gasteiger partial charge in [-0.05, 0) is 56.2 Å². The highest BCUT2D eigenvalue weighted by molar-refractivity contribution is 5.88. The van der Waals surface area contributed by atoms with E-state index in [4.69, 9.17) is 9.47 Å². The van der Waals surface area contributed by atoms with Crippen molar-refractivity contribution in [3.8, 4) is 5.75 Å². The average Bonchev–Trinajstić information content (AvgIpc) is 3.42. The molecule has 146 valence electrons. The molecule has 1 aliphatic heterocycles. The maximum Gasteiger partial charge on any atom is 0.307 e. The smallest absolute Gasteiger partial charge is 0.307 e. The van der Waals surface area contributed by atoms with Crippen LogP contribution < -0.4 is 10.1 Å². The summed E-state index contributed by atoms with van der Waals surface area (Å²) < 4.78 is 10.9. The molecule has 27 heavy (non-hydrogen) atoms. The largest absolute Gasteiger partial charge is 0.497 e. The van der Waals surface area contributed by atoms with Crippen LogP contribution in [0.2, 0.25) is 0 Å². The predicted molar refractivity (Wildman–Crippen MR) is 102 cm³/mol. The van der Waals surface area contributed by atoms with Crippen LogP contribution in [0.3, 0.4) is 0 Å². The van der Waals surface area contributed by atoms with Crippen LogP contribution in [0.25, 0.3) is 0 Å². The quantitative estimate of drug-likeness (QED) is 0.805. The van der Waals surface area contributed by atoms with Gasteiger partial charge in [0.05, 0.1) is 19.4 Å². The van der Waals surface area contributed by atoms with Gasteiger partial charge in [0.25, 0.3) is 0 Å². The molecule has 0 aromatic heterocycles. The molecule has 1 saturated heterocycles. The van der Waals surface area contributed by atoms with E-state index < -0.39 is 5.60 Å². The van der Waals surface area contributed by atoms with Crippen LogP contribution in [0, 0.1) is 5.92 Å². The molecule has 1 aromatic carbocycles. The molecule has 4 rings (SSSR count). The highest BCUT2D eigenvalue weighted by atomic mass is 16.6. The first-order chi connectivity index (χ1) is 13.1. The third kappa shape index (κ3) is 3.32. The predicted octanol–water partition coefficient (Wildman–Crippen LogP) is 3.50. The molecule has 0 unspecified atom stereocenters. The van der Waals surface area contributed by atoms with Crippen molar-refractivity contribution in [2.75, 3.05) is 13.7 Å². The fourth-order valence-electron chi connectivity index (χ4n) is 5.39. The molecule has 1 spiro atoms. The second-order valence-corrected chi connectivity index (χ2v) is 8.44. The minimum absolute atomic E-state index is 0.0115. The number of nitrogens with one attached hydrogen (secondary N) is 1. The van der Waals surface area contributed by atoms with Gasteiger partial charge in [0.2, 0.25) is 5.91 Å². The van der Waals surface area contributed by atoms with Crippen molar-refractivity contribution >= 4 is 11.9 Å². The average molecular weight is 371 g/mol. The van der Waals surface area contributed by atoms with E-state index in [1.54, 1.807) is 7.11 Å². The molecule has 3 aliphatic rings. The summed E-state index contributed by atoms with van der Waals surface area (Å²) in [6.07, 6.45) is 8.44. The van der Waals surface area contributed by atoms with Crippen molar-refractivity contribution in [1.82, 2.24) is 5.32 Å². The summed E-state index contributed by atoms with van der Waals surface area (Å²) in [5.41, 5.74) is 0.702. The maximum absolute atomic E-state index is 13.0. The Kier molecular flexibility index (Phi) is 4.87. The number of carbonyl (C=O) groups excluding carboxylic acids is 2. The molecule has 5 heteroatoms. The van der Waals surface area contributed by atoms with Crippen LogP contribution >= 0.6 is 0 Å². The SMILES string of the molecule is COc1ccc(C2(CNC(=O)[C@@H]3CC(=O)OC34CCCC4)CCCC2)cc1. The van der Waals surface area contributed by atoms with Crippen molar-refractivity contribution in [1.29, 1.82) is 0 Å². The first-order valence-corrected chi connectivity index (χ1v) is 10.2. The maximum atomic E-state index is 13.0. The summed E-state index contributed by atoms with van der Waals surface area (Å²) in [5.74, 6) is 0.285. The topological polar surface area (TPSA) is 64.6 Å². The van der Waals surface area contributed by atoms with Crippen LogP contribution in [0.15, 0.2) is 24.3 Å². The van der Waals surface area contributed by atoms with E-state index in [1.165, 1.54) is 18.4 Å². The van der Waals surface area contributed by atoms with Gasteiger partial charge in [0.1, 0.15) is 11.4 Å². The molecular formula is C22H29NO4. The first kappa shape index (κ1) is 18.3. The zero-order valence-electron chi connectivity index (χ0n) is 16.1. The fourth-order valence-corrected chi connectivity index (χ4v) is 5.39. The fraction of sp³-hybridized carbons (Fsp3) is 0.636. The highest BCUT2D eigenvalue weighted by Gasteiger charge is 2.54. The number of methoxy groups -OCH3 is 1. The van der Waals surface area contributed by atoms with E-state index in [2.05, 4.69) is 17.4 Å². The van der Waals surface area contributed by atoms with E-state index in [1.807, 2.05) is 12.1 Å². The number of amides is 1. The lowest BCUT2D eigenvalue weighted by Gasteiger charge is -2.32. The summed E-state index contributed by atoms with van der Waals surface area (Å²) in [7, 11) is 1.67. The van der Waals surface area contributed by atoms with Crippen molar-refractivity contribution in [2.45, 2.75) is 68.8 Å². The lowest BCUT2D eigenvalue weighted by atomic mass is 9.78. The van der Waals surface area contributed by atoms with E-state index in [0.29, 0.717) is 6.54 Å². The van der Waals surface area contributed by atoms with Gasteiger partial charge in [0.15, 0.2) is 0 Å². The number of benzene rings is 1. The van der Waals surface area contributed by atoms with E-state index in [0.717, 1.165) is 44.3 Å². The Hall–Kier alpha value is -2.04. The monoisotopic (exact) mass is 371 g/mol.